The van der Waals surface area contributed by atoms with Gasteiger partial charge in [0.15, 0.2) is 5.58 Å². The average Bonchev–Trinajstić information content (AvgIpc) is 3.26. The molecule has 2 aromatic carbocycles. The number of anilines is 2. The zero-order chi connectivity index (χ0) is 22.2. The van der Waals surface area contributed by atoms with E-state index >= 15 is 0 Å². The number of aryl methyl sites for hydroxylation is 1. The molecule has 0 saturated carbocycles. The third kappa shape index (κ3) is 4.39. The average molecular weight is 463 g/mol. The zero-order valence-electron chi connectivity index (χ0n) is 16.5. The maximum atomic E-state index is 12.5. The molecule has 0 amide bonds. The lowest BCUT2D eigenvalue weighted by Crippen LogP contribution is -2.16. The predicted octanol–water partition coefficient (Wildman–Crippen LogP) is 3.18. The number of hydrogen-bond acceptors (Lipinski definition) is 8. The van der Waals surface area contributed by atoms with Gasteiger partial charge in [-0.25, -0.2) is 21.6 Å². The molecule has 0 aliphatic heterocycles. The van der Waals surface area contributed by atoms with Crippen molar-refractivity contribution in [3.63, 3.8) is 0 Å². The third-order valence-electron chi connectivity index (χ3n) is 4.60. The van der Waals surface area contributed by atoms with Gasteiger partial charge in [0.25, 0.3) is 10.0 Å². The Morgan fingerprint density at radius 1 is 0.871 bits per heavy atom. The summed E-state index contributed by atoms with van der Waals surface area (Å²) in [6.07, 6.45) is 0. The first-order valence-electron chi connectivity index (χ1n) is 9.04. The van der Waals surface area contributed by atoms with Crippen LogP contribution in [0.5, 0.6) is 0 Å². The lowest BCUT2D eigenvalue weighted by Gasteiger charge is -2.09. The van der Waals surface area contributed by atoms with Crippen LogP contribution in [0.1, 0.15) is 17.0 Å². The van der Waals surface area contributed by atoms with E-state index in [1.807, 2.05) is 0 Å². The fourth-order valence-corrected chi connectivity index (χ4v) is 5.01. The molecule has 0 aliphatic carbocycles. The summed E-state index contributed by atoms with van der Waals surface area (Å²) in [6.45, 7) is 3.37. The highest BCUT2D eigenvalue weighted by Crippen LogP contribution is 2.24. The van der Waals surface area contributed by atoms with E-state index in [0.717, 1.165) is 0 Å². The first kappa shape index (κ1) is 20.9. The quantitative estimate of drug-likeness (QED) is 0.426. The van der Waals surface area contributed by atoms with Gasteiger partial charge < -0.3 is 9.05 Å². The highest BCUT2D eigenvalue weighted by Gasteiger charge is 2.21. The highest BCUT2D eigenvalue weighted by atomic mass is 32.2. The van der Waals surface area contributed by atoms with E-state index in [2.05, 4.69) is 19.8 Å². The Bertz CT molecular complexity index is 1450. The van der Waals surface area contributed by atoms with Crippen LogP contribution >= 0.6 is 0 Å². The number of hydrogen-bond donors (Lipinski definition) is 2. The fraction of sp³-hybridized carbons (Fsp3) is 0.158. The SMILES string of the molecule is Cc1noc(NS(=O)(=O)c2ccc(NS(=O)(=O)Cc3noc4ccccc34)cc2)c1C. The van der Waals surface area contributed by atoms with Crippen molar-refractivity contribution in [3.8, 4) is 0 Å². The summed E-state index contributed by atoms with van der Waals surface area (Å²) in [4.78, 5) is -0.0635. The molecule has 2 aromatic heterocycles. The Morgan fingerprint density at radius 3 is 2.26 bits per heavy atom. The van der Waals surface area contributed by atoms with Crippen molar-refractivity contribution in [1.29, 1.82) is 0 Å². The van der Waals surface area contributed by atoms with Crippen molar-refractivity contribution in [2.45, 2.75) is 24.5 Å². The Labute approximate surface area is 178 Å². The van der Waals surface area contributed by atoms with Gasteiger partial charge in [-0.15, -0.1) is 0 Å². The molecule has 10 nitrogen and oxygen atoms in total. The summed E-state index contributed by atoms with van der Waals surface area (Å²) in [5.41, 5.74) is 2.13. The van der Waals surface area contributed by atoms with Gasteiger partial charge in [0.05, 0.1) is 10.6 Å². The number of aromatic nitrogens is 2. The van der Waals surface area contributed by atoms with Crippen LogP contribution in [0.3, 0.4) is 0 Å². The number of para-hydroxylation sites is 1. The molecule has 0 bridgehead atoms. The van der Waals surface area contributed by atoms with Crippen molar-refractivity contribution < 1.29 is 25.9 Å². The topological polar surface area (TPSA) is 144 Å². The minimum absolute atomic E-state index is 0.0297. The lowest BCUT2D eigenvalue weighted by molar-refractivity contribution is 0.430. The molecular formula is C19H18N4O6S2. The number of sulfonamides is 2. The molecule has 4 rings (SSSR count). The van der Waals surface area contributed by atoms with Gasteiger partial charge in [-0.05, 0) is 50.2 Å². The number of fused-ring (bicyclic) bond motifs is 1. The zero-order valence-corrected chi connectivity index (χ0v) is 18.1. The van der Waals surface area contributed by atoms with E-state index < -0.39 is 25.8 Å². The molecule has 2 heterocycles. The molecule has 0 saturated heterocycles. The number of rotatable bonds is 7. The molecular weight excluding hydrogens is 444 g/mol. The smallest absolute Gasteiger partial charge is 0.264 e. The van der Waals surface area contributed by atoms with Crippen LogP contribution < -0.4 is 9.44 Å². The fourth-order valence-electron chi connectivity index (χ4n) is 2.83. The number of nitrogens with one attached hydrogen (secondary N) is 2. The summed E-state index contributed by atoms with van der Waals surface area (Å²) in [5, 5.41) is 8.14. The van der Waals surface area contributed by atoms with E-state index in [1.165, 1.54) is 24.3 Å². The molecule has 4 aromatic rings. The molecule has 31 heavy (non-hydrogen) atoms. The van der Waals surface area contributed by atoms with E-state index in [1.54, 1.807) is 38.1 Å². The van der Waals surface area contributed by atoms with Crippen molar-refractivity contribution in [3.05, 3.63) is 65.5 Å². The summed E-state index contributed by atoms with van der Waals surface area (Å²) in [5.74, 6) is -0.363. The van der Waals surface area contributed by atoms with Crippen LogP contribution in [0.4, 0.5) is 11.6 Å². The van der Waals surface area contributed by atoms with Crippen LogP contribution in [0.15, 0.2) is 62.5 Å². The Kier molecular flexibility index (Phi) is 5.19. The largest absolute Gasteiger partial charge is 0.356 e. The molecule has 0 fully saturated rings. The second kappa shape index (κ2) is 7.71. The Balaban J connectivity index is 1.49. The van der Waals surface area contributed by atoms with Crippen LogP contribution in [0.25, 0.3) is 11.0 Å². The third-order valence-corrected chi connectivity index (χ3v) is 7.15. The molecule has 0 spiro atoms. The van der Waals surface area contributed by atoms with Gasteiger partial charge in [-0.1, -0.05) is 22.4 Å². The van der Waals surface area contributed by atoms with Crippen molar-refractivity contribution >= 4 is 42.6 Å². The Hall–Kier alpha value is -3.38. The summed E-state index contributed by atoms with van der Waals surface area (Å²) in [7, 11) is -7.74. The normalized spacial score (nSPS) is 12.2. The van der Waals surface area contributed by atoms with E-state index in [0.29, 0.717) is 22.2 Å². The van der Waals surface area contributed by atoms with E-state index in [4.69, 9.17) is 9.05 Å². The first-order chi connectivity index (χ1) is 14.6. The lowest BCUT2D eigenvalue weighted by atomic mass is 10.2. The maximum Gasteiger partial charge on any atom is 0.264 e. The Morgan fingerprint density at radius 2 is 1.58 bits per heavy atom. The molecule has 0 unspecified atom stereocenters. The molecule has 0 aliphatic rings. The van der Waals surface area contributed by atoms with Crippen LogP contribution in [0, 0.1) is 13.8 Å². The monoisotopic (exact) mass is 462 g/mol. The van der Waals surface area contributed by atoms with Crippen LogP contribution in [-0.4, -0.2) is 27.1 Å². The van der Waals surface area contributed by atoms with Gasteiger partial charge >= 0.3 is 0 Å². The van der Waals surface area contributed by atoms with Crippen molar-refractivity contribution in [2.75, 3.05) is 9.44 Å². The molecule has 12 heteroatoms. The second-order valence-electron chi connectivity index (χ2n) is 6.84. The highest BCUT2D eigenvalue weighted by molar-refractivity contribution is 7.92. The summed E-state index contributed by atoms with van der Waals surface area (Å²) in [6, 6.07) is 12.2. The molecule has 0 radical (unpaired) electrons. The minimum atomic E-state index is -3.93. The molecule has 162 valence electrons. The van der Waals surface area contributed by atoms with Gasteiger partial charge in [0, 0.05) is 16.6 Å². The maximum absolute atomic E-state index is 12.5. The standard InChI is InChI=1S/C19H18N4O6S2/c1-12-13(2)20-29-19(12)23-31(26,27)15-9-7-14(8-10-15)22-30(24,25)11-17-16-5-3-4-6-18(16)28-21-17/h3-10,22-23H,11H2,1-2H3. The number of nitrogens with zero attached hydrogens (tertiary/aromatic N) is 2. The summed E-state index contributed by atoms with van der Waals surface area (Å²) >= 11 is 0. The van der Waals surface area contributed by atoms with Gasteiger partial charge in [0.2, 0.25) is 15.9 Å². The first-order valence-corrected chi connectivity index (χ1v) is 12.2. The van der Waals surface area contributed by atoms with Crippen molar-refractivity contribution in [1.82, 2.24) is 10.3 Å². The second-order valence-corrected chi connectivity index (χ2v) is 10.2. The van der Waals surface area contributed by atoms with Crippen LogP contribution in [0.2, 0.25) is 0 Å². The van der Waals surface area contributed by atoms with Gasteiger partial charge in [-0.3, -0.25) is 4.72 Å². The minimum Gasteiger partial charge on any atom is -0.356 e. The van der Waals surface area contributed by atoms with Crippen molar-refractivity contribution in [2.24, 2.45) is 0 Å². The van der Waals surface area contributed by atoms with Gasteiger partial charge in [0.1, 0.15) is 11.4 Å². The van der Waals surface area contributed by atoms with Crippen LogP contribution in [-0.2, 0) is 25.8 Å². The molecule has 0 atom stereocenters. The molecule has 2 N–H and O–H groups in total. The van der Waals surface area contributed by atoms with Gasteiger partial charge in [-0.2, -0.15) is 0 Å². The number of benzene rings is 2. The van der Waals surface area contributed by atoms with E-state index in [9.17, 15) is 16.8 Å². The summed E-state index contributed by atoms with van der Waals surface area (Å²) < 4.78 is 65.0. The predicted molar refractivity (Wildman–Crippen MR) is 113 cm³/mol. The van der Waals surface area contributed by atoms with E-state index in [-0.39, 0.29) is 22.2 Å².